The van der Waals surface area contributed by atoms with Crippen LogP contribution in [-0.4, -0.2) is 34.8 Å². The van der Waals surface area contributed by atoms with Gasteiger partial charge in [-0.1, -0.05) is 19.0 Å². The van der Waals surface area contributed by atoms with Crippen molar-refractivity contribution in [2.75, 3.05) is 6.54 Å². The fourth-order valence-electron chi connectivity index (χ4n) is 2.89. The number of carbonyl (C=O) groups is 2. The third kappa shape index (κ3) is 5.75. The summed E-state index contributed by atoms with van der Waals surface area (Å²) in [4.78, 5) is 24.8. The van der Waals surface area contributed by atoms with Crippen molar-refractivity contribution in [3.05, 3.63) is 17.0 Å². The molecule has 2 N–H and O–H groups in total. The molecule has 0 saturated heterocycles. The van der Waals surface area contributed by atoms with E-state index in [1.165, 1.54) is 0 Å². The second kappa shape index (κ2) is 8.56. The van der Waals surface area contributed by atoms with E-state index in [0.29, 0.717) is 25.1 Å². The van der Waals surface area contributed by atoms with Gasteiger partial charge in [-0.15, -0.1) is 0 Å². The first-order valence-corrected chi connectivity index (χ1v) is 9.16. The molecule has 0 bridgehead atoms. The Morgan fingerprint density at radius 1 is 1.19 bits per heavy atom. The van der Waals surface area contributed by atoms with Gasteiger partial charge >= 0.3 is 6.09 Å². The molecule has 1 aromatic heterocycles. The second-order valence-corrected chi connectivity index (χ2v) is 7.79. The molecule has 2 amide bonds. The van der Waals surface area contributed by atoms with Crippen molar-refractivity contribution in [2.45, 2.75) is 85.3 Å². The molecule has 0 aliphatic rings. The molecule has 1 aromatic rings. The molecular weight excluding hydrogens is 334 g/mol. The van der Waals surface area contributed by atoms with Crippen LogP contribution in [0.4, 0.5) is 4.79 Å². The highest BCUT2D eigenvalue weighted by Crippen LogP contribution is 2.25. The van der Waals surface area contributed by atoms with Gasteiger partial charge in [0.05, 0.1) is 17.2 Å². The van der Waals surface area contributed by atoms with Gasteiger partial charge < -0.3 is 19.9 Å². The lowest BCUT2D eigenvalue weighted by molar-refractivity contribution is -0.124. The molecule has 0 radical (unpaired) electrons. The van der Waals surface area contributed by atoms with Crippen LogP contribution in [-0.2, 0) is 9.53 Å². The van der Waals surface area contributed by atoms with Gasteiger partial charge in [0, 0.05) is 12.1 Å². The summed E-state index contributed by atoms with van der Waals surface area (Å²) in [5.74, 6) is 0.143. The van der Waals surface area contributed by atoms with Gasteiger partial charge in [-0.25, -0.2) is 4.79 Å². The molecule has 1 heterocycles. The maximum absolute atomic E-state index is 12.8. The smallest absolute Gasteiger partial charge is 0.407 e. The Hall–Kier alpha value is -2.05. The van der Waals surface area contributed by atoms with Crippen molar-refractivity contribution >= 4 is 12.0 Å². The summed E-state index contributed by atoms with van der Waals surface area (Å²) in [6.45, 7) is 15.2. The summed E-state index contributed by atoms with van der Waals surface area (Å²) in [6, 6.07) is 0. The fourth-order valence-corrected chi connectivity index (χ4v) is 2.89. The van der Waals surface area contributed by atoms with Crippen molar-refractivity contribution in [1.82, 2.24) is 15.8 Å². The molecular formula is C19H33N3O4. The van der Waals surface area contributed by atoms with Crippen LogP contribution in [0.2, 0.25) is 0 Å². The van der Waals surface area contributed by atoms with Crippen LogP contribution >= 0.6 is 0 Å². The monoisotopic (exact) mass is 367 g/mol. The van der Waals surface area contributed by atoms with Gasteiger partial charge in [0.15, 0.2) is 0 Å². The highest BCUT2D eigenvalue weighted by atomic mass is 16.6. The highest BCUT2D eigenvalue weighted by Gasteiger charge is 2.33. The molecule has 7 nitrogen and oxygen atoms in total. The summed E-state index contributed by atoms with van der Waals surface area (Å²) in [5, 5.41) is 9.81. The molecule has 148 valence electrons. The van der Waals surface area contributed by atoms with Crippen LogP contribution < -0.4 is 10.6 Å². The Morgan fingerprint density at radius 2 is 1.77 bits per heavy atom. The number of hydrogen-bond donors (Lipinski definition) is 2. The van der Waals surface area contributed by atoms with E-state index in [0.717, 1.165) is 11.3 Å². The van der Waals surface area contributed by atoms with Crippen molar-refractivity contribution in [3.63, 3.8) is 0 Å². The number of hydrogen-bond acceptors (Lipinski definition) is 5. The molecule has 0 aromatic carbocycles. The number of carbonyl (C=O) groups excluding carboxylic acids is 2. The van der Waals surface area contributed by atoms with Crippen LogP contribution in [0.1, 0.15) is 77.3 Å². The number of amides is 2. The summed E-state index contributed by atoms with van der Waals surface area (Å²) in [5.41, 5.74) is 0.423. The Labute approximate surface area is 156 Å². The van der Waals surface area contributed by atoms with Gasteiger partial charge in [-0.3, -0.25) is 4.79 Å². The largest absolute Gasteiger partial charge is 0.444 e. The lowest BCUT2D eigenvalue weighted by atomic mass is 9.90. The Morgan fingerprint density at radius 3 is 2.19 bits per heavy atom. The quantitative estimate of drug-likeness (QED) is 0.768. The van der Waals surface area contributed by atoms with E-state index in [2.05, 4.69) is 15.8 Å². The number of aryl methyl sites for hydroxylation is 2. The highest BCUT2D eigenvalue weighted by molar-refractivity contribution is 5.84. The van der Waals surface area contributed by atoms with E-state index in [1.54, 1.807) is 6.92 Å². The second-order valence-electron chi connectivity index (χ2n) is 7.79. The van der Waals surface area contributed by atoms with Crippen LogP contribution in [0, 0.1) is 13.8 Å². The summed E-state index contributed by atoms with van der Waals surface area (Å²) >= 11 is 0. The van der Waals surface area contributed by atoms with Crippen molar-refractivity contribution < 1.29 is 18.8 Å². The molecule has 0 fully saturated rings. The van der Waals surface area contributed by atoms with E-state index >= 15 is 0 Å². The minimum absolute atomic E-state index is 0.117. The van der Waals surface area contributed by atoms with Gasteiger partial charge in [0.1, 0.15) is 11.4 Å². The number of rotatable bonds is 7. The minimum Gasteiger partial charge on any atom is -0.444 e. The maximum atomic E-state index is 12.8. The first-order chi connectivity index (χ1) is 11.9. The van der Waals surface area contributed by atoms with E-state index in [1.807, 2.05) is 48.5 Å². The molecule has 7 heteroatoms. The number of aromatic nitrogens is 1. The predicted molar refractivity (Wildman–Crippen MR) is 100 cm³/mol. The first kappa shape index (κ1) is 22.0. The molecule has 26 heavy (non-hydrogen) atoms. The maximum Gasteiger partial charge on any atom is 0.407 e. The van der Waals surface area contributed by atoms with E-state index in [4.69, 9.17) is 9.26 Å². The third-order valence-electron chi connectivity index (χ3n) is 4.63. The van der Waals surface area contributed by atoms with Gasteiger partial charge in [0.2, 0.25) is 5.91 Å². The van der Waals surface area contributed by atoms with Gasteiger partial charge in [-0.2, -0.15) is 0 Å². The standard InChI is InChI=1S/C19H33N3O4/c1-9-19(10-2,11-20-17(24)25-18(6,7)8)21-16(23)12(3)15-13(4)22-26-14(15)5/h12H,9-11H2,1-8H3,(H,20,24)(H,21,23). The van der Waals surface area contributed by atoms with Crippen molar-refractivity contribution in [1.29, 1.82) is 0 Å². The lowest BCUT2D eigenvalue weighted by Crippen LogP contribution is -2.56. The van der Waals surface area contributed by atoms with Crippen LogP contribution in [0.15, 0.2) is 4.52 Å². The zero-order valence-electron chi connectivity index (χ0n) is 17.3. The minimum atomic E-state index is -0.563. The molecule has 0 spiro atoms. The van der Waals surface area contributed by atoms with E-state index in [-0.39, 0.29) is 11.8 Å². The van der Waals surface area contributed by atoms with Gasteiger partial charge in [-0.05, 0) is 54.4 Å². The van der Waals surface area contributed by atoms with Gasteiger partial charge in [0.25, 0.3) is 0 Å². The van der Waals surface area contributed by atoms with Crippen LogP contribution in [0.5, 0.6) is 0 Å². The SMILES string of the molecule is CCC(CC)(CNC(=O)OC(C)(C)C)NC(=O)C(C)c1c(C)noc1C. The van der Waals surface area contributed by atoms with Crippen LogP contribution in [0.3, 0.4) is 0 Å². The number of nitrogens with zero attached hydrogens (tertiary/aromatic N) is 1. The Kier molecular flexibility index (Phi) is 7.24. The summed E-state index contributed by atoms with van der Waals surface area (Å²) in [6.07, 6.45) is 0.871. The fraction of sp³-hybridized carbons (Fsp3) is 0.737. The van der Waals surface area contributed by atoms with E-state index in [9.17, 15) is 9.59 Å². The average Bonchev–Trinajstić information content (AvgIpc) is 2.88. The molecule has 1 atom stereocenters. The number of alkyl carbamates (subject to hydrolysis) is 1. The predicted octanol–water partition coefficient (Wildman–Crippen LogP) is 3.59. The molecule has 0 aliphatic heterocycles. The molecule has 0 saturated carbocycles. The Balaban J connectivity index is 2.82. The van der Waals surface area contributed by atoms with Crippen molar-refractivity contribution in [2.24, 2.45) is 0 Å². The van der Waals surface area contributed by atoms with E-state index < -0.39 is 17.2 Å². The zero-order chi connectivity index (χ0) is 20.1. The first-order valence-electron chi connectivity index (χ1n) is 9.16. The third-order valence-corrected chi connectivity index (χ3v) is 4.63. The molecule has 1 unspecified atom stereocenters. The summed E-state index contributed by atoms with van der Waals surface area (Å²) in [7, 11) is 0. The average molecular weight is 367 g/mol. The number of nitrogens with one attached hydrogen (secondary N) is 2. The number of ether oxygens (including phenoxy) is 1. The molecule has 0 aliphatic carbocycles. The zero-order valence-corrected chi connectivity index (χ0v) is 17.3. The summed E-state index contributed by atoms with van der Waals surface area (Å²) < 4.78 is 10.5. The Bertz CT molecular complexity index is 608. The van der Waals surface area contributed by atoms with Crippen molar-refractivity contribution in [3.8, 4) is 0 Å². The topological polar surface area (TPSA) is 93.5 Å². The van der Waals surface area contributed by atoms with Crippen LogP contribution in [0.25, 0.3) is 0 Å². The lowest BCUT2D eigenvalue weighted by Gasteiger charge is -2.34. The normalized spacial score (nSPS) is 13.2. The molecule has 1 rings (SSSR count).